The molecular weight excluding hydrogens is 300 g/mol. The molecule has 2 fully saturated rings. The van der Waals surface area contributed by atoms with Crippen LogP contribution in [0, 0.1) is 5.92 Å². The molecule has 0 aromatic carbocycles. The van der Waals surface area contributed by atoms with Crippen LogP contribution in [-0.4, -0.2) is 27.9 Å². The summed E-state index contributed by atoms with van der Waals surface area (Å²) in [6.45, 7) is 2.25. The van der Waals surface area contributed by atoms with Gasteiger partial charge in [-0.3, -0.25) is 9.59 Å². The summed E-state index contributed by atoms with van der Waals surface area (Å²) in [5.41, 5.74) is 0.147. The van der Waals surface area contributed by atoms with Gasteiger partial charge in [-0.25, -0.2) is 0 Å². The molecule has 0 aliphatic heterocycles. The summed E-state index contributed by atoms with van der Waals surface area (Å²) in [4.78, 5) is 28.9. The molecule has 2 aliphatic carbocycles. The highest BCUT2D eigenvalue weighted by atomic mass is 35.5. The largest absolute Gasteiger partial charge is 0.333 e. The maximum atomic E-state index is 12.9. The van der Waals surface area contributed by atoms with Gasteiger partial charge in [0.25, 0.3) is 11.5 Å². The quantitative estimate of drug-likeness (QED) is 0.920. The monoisotopic (exact) mass is 322 g/mol. The highest BCUT2D eigenvalue weighted by molar-refractivity contribution is 6.30. The Balaban J connectivity index is 1.77. The van der Waals surface area contributed by atoms with Gasteiger partial charge in [0.2, 0.25) is 0 Å². The summed E-state index contributed by atoms with van der Waals surface area (Å²) in [5.74, 6) is 0.829. The van der Waals surface area contributed by atoms with Crippen molar-refractivity contribution in [1.29, 1.82) is 0 Å². The highest BCUT2D eigenvalue weighted by Crippen LogP contribution is 2.37. The number of nitrogens with zero attached hydrogens (tertiary/aromatic N) is 1. The van der Waals surface area contributed by atoms with Crippen LogP contribution in [0.3, 0.4) is 0 Å². The Morgan fingerprint density at radius 1 is 1.23 bits per heavy atom. The van der Waals surface area contributed by atoms with Crippen LogP contribution in [0.25, 0.3) is 0 Å². The minimum atomic E-state index is -0.348. The first-order valence-corrected chi connectivity index (χ1v) is 8.68. The number of hydrogen-bond donors (Lipinski definition) is 1. The molecule has 120 valence electrons. The molecule has 22 heavy (non-hydrogen) atoms. The summed E-state index contributed by atoms with van der Waals surface area (Å²) >= 11 is 5.87. The molecule has 1 heterocycles. The summed E-state index contributed by atoms with van der Waals surface area (Å²) in [6.07, 6.45) is 9.53. The number of nitrogens with one attached hydrogen (secondary N) is 1. The summed E-state index contributed by atoms with van der Waals surface area (Å²) in [5, 5.41) is 0.0799. The molecule has 0 unspecified atom stereocenters. The third-order valence-corrected chi connectivity index (χ3v) is 5.35. The molecule has 1 aromatic rings. The fourth-order valence-corrected chi connectivity index (χ4v) is 3.71. The van der Waals surface area contributed by atoms with Crippen molar-refractivity contribution in [3.63, 3.8) is 0 Å². The minimum Gasteiger partial charge on any atom is -0.333 e. The SMILES string of the molecule is CCC1CCC(N(C(=O)c2c[nH]c(=O)c(Cl)c2)C2CC2)CC1. The van der Waals surface area contributed by atoms with E-state index in [1.807, 2.05) is 0 Å². The van der Waals surface area contributed by atoms with E-state index in [0.29, 0.717) is 17.6 Å². The molecule has 5 heteroatoms. The van der Waals surface area contributed by atoms with Crippen molar-refractivity contribution in [2.45, 2.75) is 64.0 Å². The van der Waals surface area contributed by atoms with E-state index in [4.69, 9.17) is 11.6 Å². The molecule has 0 bridgehead atoms. The van der Waals surface area contributed by atoms with E-state index < -0.39 is 0 Å². The molecule has 2 saturated carbocycles. The Morgan fingerprint density at radius 2 is 1.82 bits per heavy atom. The van der Waals surface area contributed by atoms with Crippen molar-refractivity contribution in [3.8, 4) is 0 Å². The smallest absolute Gasteiger partial charge is 0.266 e. The molecule has 2 aliphatic rings. The van der Waals surface area contributed by atoms with Crippen LogP contribution in [0.1, 0.15) is 62.2 Å². The molecule has 3 rings (SSSR count). The third kappa shape index (κ3) is 3.22. The molecular formula is C17H23ClN2O2. The number of H-pyrrole nitrogens is 1. The maximum absolute atomic E-state index is 12.9. The van der Waals surface area contributed by atoms with Crippen molar-refractivity contribution in [3.05, 3.63) is 33.2 Å². The lowest BCUT2D eigenvalue weighted by molar-refractivity contribution is 0.0586. The predicted octanol–water partition coefficient (Wildman–Crippen LogP) is 3.60. The maximum Gasteiger partial charge on any atom is 0.266 e. The number of amides is 1. The first kappa shape index (κ1) is 15.6. The van der Waals surface area contributed by atoms with Gasteiger partial charge in [-0.2, -0.15) is 0 Å². The van der Waals surface area contributed by atoms with Gasteiger partial charge in [0.05, 0.1) is 5.56 Å². The third-order valence-electron chi connectivity index (χ3n) is 5.07. The van der Waals surface area contributed by atoms with Crippen molar-refractivity contribution < 1.29 is 4.79 Å². The predicted molar refractivity (Wildman–Crippen MR) is 87.3 cm³/mol. The second-order valence-corrected chi connectivity index (χ2v) is 7.00. The molecule has 1 aromatic heterocycles. The molecule has 1 N–H and O–H groups in total. The van der Waals surface area contributed by atoms with Crippen molar-refractivity contribution >= 4 is 17.5 Å². The van der Waals surface area contributed by atoms with Crippen LogP contribution >= 0.6 is 11.6 Å². The molecule has 0 saturated heterocycles. The zero-order chi connectivity index (χ0) is 15.7. The van der Waals surface area contributed by atoms with E-state index >= 15 is 0 Å². The number of carbonyl (C=O) groups is 1. The normalized spacial score (nSPS) is 25.0. The Bertz CT molecular complexity index is 601. The average Bonchev–Trinajstić information content (AvgIpc) is 3.35. The first-order valence-electron chi connectivity index (χ1n) is 8.31. The Hall–Kier alpha value is -1.29. The highest BCUT2D eigenvalue weighted by Gasteiger charge is 2.39. The summed E-state index contributed by atoms with van der Waals surface area (Å²) < 4.78 is 0. The van der Waals surface area contributed by atoms with Gasteiger partial charge in [0, 0.05) is 18.3 Å². The second kappa shape index (κ2) is 6.45. The Labute approximate surface area is 135 Å². The van der Waals surface area contributed by atoms with E-state index in [9.17, 15) is 9.59 Å². The lowest BCUT2D eigenvalue weighted by Crippen LogP contribution is -2.44. The second-order valence-electron chi connectivity index (χ2n) is 6.59. The molecule has 0 radical (unpaired) electrons. The van der Waals surface area contributed by atoms with E-state index in [1.165, 1.54) is 31.5 Å². The number of aromatic amines is 1. The van der Waals surface area contributed by atoms with E-state index in [1.54, 1.807) is 0 Å². The van der Waals surface area contributed by atoms with Gasteiger partial charge in [0.15, 0.2) is 0 Å². The Morgan fingerprint density at radius 3 is 2.32 bits per heavy atom. The number of halogens is 1. The van der Waals surface area contributed by atoms with Gasteiger partial charge in [-0.05, 0) is 50.5 Å². The van der Waals surface area contributed by atoms with Crippen LogP contribution in [0.5, 0.6) is 0 Å². The Kier molecular flexibility index (Phi) is 4.57. The van der Waals surface area contributed by atoms with Crippen LogP contribution in [-0.2, 0) is 0 Å². The van der Waals surface area contributed by atoms with Crippen LogP contribution in [0.15, 0.2) is 17.1 Å². The fraction of sp³-hybridized carbons (Fsp3) is 0.647. The topological polar surface area (TPSA) is 53.2 Å². The van der Waals surface area contributed by atoms with Gasteiger partial charge in [-0.15, -0.1) is 0 Å². The van der Waals surface area contributed by atoms with E-state index in [2.05, 4.69) is 16.8 Å². The lowest BCUT2D eigenvalue weighted by atomic mass is 9.83. The molecule has 0 atom stereocenters. The standard InChI is InChI=1S/C17H23ClN2O2/c1-2-11-3-5-13(6-4-11)20(14-7-8-14)17(22)12-9-15(18)16(21)19-10-12/h9-11,13-14H,2-8H2,1H3,(H,19,21). The number of pyridine rings is 1. The summed E-state index contributed by atoms with van der Waals surface area (Å²) in [7, 11) is 0. The van der Waals surface area contributed by atoms with Gasteiger partial charge >= 0.3 is 0 Å². The van der Waals surface area contributed by atoms with E-state index in [-0.39, 0.29) is 16.5 Å². The molecule has 1 amide bonds. The van der Waals surface area contributed by atoms with E-state index in [0.717, 1.165) is 31.6 Å². The minimum absolute atomic E-state index is 0.0144. The zero-order valence-electron chi connectivity index (χ0n) is 13.0. The number of hydrogen-bond acceptors (Lipinski definition) is 2. The van der Waals surface area contributed by atoms with Gasteiger partial charge in [0.1, 0.15) is 5.02 Å². The zero-order valence-corrected chi connectivity index (χ0v) is 13.7. The lowest BCUT2D eigenvalue weighted by Gasteiger charge is -2.37. The molecule has 4 nitrogen and oxygen atoms in total. The fourth-order valence-electron chi connectivity index (χ4n) is 3.54. The van der Waals surface area contributed by atoms with Crippen molar-refractivity contribution in [1.82, 2.24) is 9.88 Å². The number of carbonyl (C=O) groups excluding carboxylic acids is 1. The van der Waals surface area contributed by atoms with Crippen LogP contribution in [0.4, 0.5) is 0 Å². The van der Waals surface area contributed by atoms with Crippen molar-refractivity contribution in [2.24, 2.45) is 5.92 Å². The first-order chi connectivity index (χ1) is 10.6. The van der Waals surface area contributed by atoms with Gasteiger partial charge < -0.3 is 9.88 Å². The van der Waals surface area contributed by atoms with Crippen LogP contribution < -0.4 is 5.56 Å². The summed E-state index contributed by atoms with van der Waals surface area (Å²) in [6, 6.07) is 2.21. The molecule has 0 spiro atoms. The number of rotatable bonds is 4. The van der Waals surface area contributed by atoms with Crippen molar-refractivity contribution in [2.75, 3.05) is 0 Å². The van der Waals surface area contributed by atoms with Gasteiger partial charge in [-0.1, -0.05) is 24.9 Å². The number of aromatic nitrogens is 1. The average molecular weight is 323 g/mol. The van der Waals surface area contributed by atoms with Crippen LogP contribution in [0.2, 0.25) is 5.02 Å².